The van der Waals surface area contributed by atoms with E-state index >= 15 is 0 Å². The van der Waals surface area contributed by atoms with Gasteiger partial charge in [-0.25, -0.2) is 0 Å². The number of pyridine rings is 1. The van der Waals surface area contributed by atoms with Gasteiger partial charge in [0.05, 0.1) is 5.52 Å². The third-order valence-corrected chi connectivity index (χ3v) is 3.94. The summed E-state index contributed by atoms with van der Waals surface area (Å²) in [6.45, 7) is 5.99. The number of hydrogen-bond acceptors (Lipinski definition) is 2. The average molecular weight is 275 g/mol. The van der Waals surface area contributed by atoms with Crippen LogP contribution < -0.4 is 0 Å². The Kier molecular flexibility index (Phi) is 3.30. The minimum atomic E-state index is 0.0682. The third kappa shape index (κ3) is 2.45. The van der Waals surface area contributed by atoms with Gasteiger partial charge < -0.3 is 0 Å². The van der Waals surface area contributed by atoms with E-state index in [0.29, 0.717) is 5.56 Å². The van der Waals surface area contributed by atoms with Crippen molar-refractivity contribution in [1.82, 2.24) is 4.98 Å². The highest BCUT2D eigenvalue weighted by molar-refractivity contribution is 6.11. The molecule has 0 radical (unpaired) electrons. The number of fused-ring (bicyclic) bond motifs is 1. The van der Waals surface area contributed by atoms with E-state index in [0.717, 1.165) is 33.3 Å². The molecule has 0 saturated carbocycles. The number of ketones is 1. The zero-order chi connectivity index (χ0) is 15.0. The molecule has 0 atom stereocenters. The van der Waals surface area contributed by atoms with Gasteiger partial charge in [0, 0.05) is 22.2 Å². The lowest BCUT2D eigenvalue weighted by molar-refractivity contribution is 0.103. The molecule has 0 spiro atoms. The molecule has 3 rings (SSSR count). The maximum absolute atomic E-state index is 12.7. The van der Waals surface area contributed by atoms with Crippen LogP contribution in [0.25, 0.3) is 10.9 Å². The lowest BCUT2D eigenvalue weighted by atomic mass is 9.95. The van der Waals surface area contributed by atoms with Crippen molar-refractivity contribution in [1.29, 1.82) is 0 Å². The number of benzene rings is 2. The average Bonchev–Trinajstić information content (AvgIpc) is 2.49. The second-order valence-corrected chi connectivity index (χ2v) is 5.44. The minimum Gasteiger partial charge on any atom is -0.289 e. The van der Waals surface area contributed by atoms with Crippen LogP contribution in [0.4, 0.5) is 0 Å². The highest BCUT2D eigenvalue weighted by Gasteiger charge is 2.13. The molecule has 2 heteroatoms. The lowest BCUT2D eigenvalue weighted by Crippen LogP contribution is -2.04. The first kappa shape index (κ1) is 13.5. The predicted molar refractivity (Wildman–Crippen MR) is 85.8 cm³/mol. The summed E-state index contributed by atoms with van der Waals surface area (Å²) in [6.07, 6.45) is 0. The standard InChI is InChI=1S/C19H17NO/c1-12-5-4-6-17(14(12)3)19(21)16-9-10-18-15(11-16)8-7-13(2)20-18/h4-11H,1-3H3. The molecule has 1 aromatic heterocycles. The highest BCUT2D eigenvalue weighted by Crippen LogP contribution is 2.20. The van der Waals surface area contributed by atoms with Crippen molar-refractivity contribution in [3.8, 4) is 0 Å². The van der Waals surface area contributed by atoms with Gasteiger partial charge in [-0.3, -0.25) is 9.78 Å². The summed E-state index contributed by atoms with van der Waals surface area (Å²) >= 11 is 0. The van der Waals surface area contributed by atoms with Crippen LogP contribution >= 0.6 is 0 Å². The predicted octanol–water partition coefficient (Wildman–Crippen LogP) is 4.39. The number of carbonyl (C=O) groups excluding carboxylic acids is 1. The fraction of sp³-hybridized carbons (Fsp3) is 0.158. The summed E-state index contributed by atoms with van der Waals surface area (Å²) in [4.78, 5) is 17.2. The van der Waals surface area contributed by atoms with Crippen molar-refractivity contribution >= 4 is 16.7 Å². The summed E-state index contributed by atoms with van der Waals surface area (Å²) in [6, 6.07) is 15.5. The number of carbonyl (C=O) groups is 1. The number of aryl methyl sites for hydroxylation is 2. The van der Waals surface area contributed by atoms with Crippen LogP contribution in [0.2, 0.25) is 0 Å². The molecule has 3 aromatic rings. The molecule has 1 heterocycles. The van der Waals surface area contributed by atoms with E-state index < -0.39 is 0 Å². The summed E-state index contributed by atoms with van der Waals surface area (Å²) in [5.74, 6) is 0.0682. The SMILES string of the molecule is Cc1ccc2cc(C(=O)c3cccc(C)c3C)ccc2n1. The van der Waals surface area contributed by atoms with Gasteiger partial charge in [-0.1, -0.05) is 24.3 Å². The van der Waals surface area contributed by atoms with Gasteiger partial charge in [0.1, 0.15) is 0 Å². The topological polar surface area (TPSA) is 30.0 Å². The lowest BCUT2D eigenvalue weighted by Gasteiger charge is -2.08. The molecule has 0 bridgehead atoms. The maximum atomic E-state index is 12.7. The van der Waals surface area contributed by atoms with Gasteiger partial charge in [0.15, 0.2) is 5.78 Å². The molecule has 0 N–H and O–H groups in total. The van der Waals surface area contributed by atoms with Crippen LogP contribution in [-0.4, -0.2) is 10.8 Å². The van der Waals surface area contributed by atoms with Gasteiger partial charge in [-0.15, -0.1) is 0 Å². The first-order valence-electron chi connectivity index (χ1n) is 7.04. The maximum Gasteiger partial charge on any atom is 0.193 e. The first-order valence-corrected chi connectivity index (χ1v) is 7.04. The Labute approximate surface area is 124 Å². The van der Waals surface area contributed by atoms with Crippen LogP contribution in [0, 0.1) is 20.8 Å². The van der Waals surface area contributed by atoms with Crippen LogP contribution in [-0.2, 0) is 0 Å². The molecular formula is C19H17NO. The fourth-order valence-electron chi connectivity index (χ4n) is 2.52. The van der Waals surface area contributed by atoms with Gasteiger partial charge in [0.25, 0.3) is 0 Å². The number of rotatable bonds is 2. The molecular weight excluding hydrogens is 258 g/mol. The summed E-state index contributed by atoms with van der Waals surface area (Å²) in [5, 5.41) is 0.997. The van der Waals surface area contributed by atoms with Gasteiger partial charge in [-0.2, -0.15) is 0 Å². The van der Waals surface area contributed by atoms with Gasteiger partial charge in [0.2, 0.25) is 0 Å². The third-order valence-electron chi connectivity index (χ3n) is 3.94. The van der Waals surface area contributed by atoms with E-state index in [1.54, 1.807) is 0 Å². The Morgan fingerprint density at radius 1 is 0.952 bits per heavy atom. The van der Waals surface area contributed by atoms with Crippen LogP contribution in [0.5, 0.6) is 0 Å². The fourth-order valence-corrected chi connectivity index (χ4v) is 2.52. The van der Waals surface area contributed by atoms with Crippen molar-refractivity contribution in [3.05, 3.63) is 76.5 Å². The highest BCUT2D eigenvalue weighted by atomic mass is 16.1. The molecule has 0 saturated heterocycles. The van der Waals surface area contributed by atoms with Gasteiger partial charge in [-0.05, 0) is 56.2 Å². The molecule has 0 unspecified atom stereocenters. The van der Waals surface area contributed by atoms with E-state index in [4.69, 9.17) is 0 Å². The Morgan fingerprint density at radius 3 is 2.57 bits per heavy atom. The van der Waals surface area contributed by atoms with E-state index in [-0.39, 0.29) is 5.78 Å². The van der Waals surface area contributed by atoms with E-state index in [1.807, 2.05) is 69.3 Å². The quantitative estimate of drug-likeness (QED) is 0.649. The molecule has 0 fully saturated rings. The largest absolute Gasteiger partial charge is 0.289 e. The summed E-state index contributed by atoms with van der Waals surface area (Å²) in [7, 11) is 0. The molecule has 104 valence electrons. The molecule has 0 aliphatic heterocycles. The molecule has 2 nitrogen and oxygen atoms in total. The van der Waals surface area contributed by atoms with E-state index in [9.17, 15) is 4.79 Å². The van der Waals surface area contributed by atoms with Gasteiger partial charge >= 0.3 is 0 Å². The van der Waals surface area contributed by atoms with Crippen molar-refractivity contribution < 1.29 is 4.79 Å². The van der Waals surface area contributed by atoms with Crippen LogP contribution in [0.3, 0.4) is 0 Å². The Hall–Kier alpha value is -2.48. The Morgan fingerprint density at radius 2 is 1.76 bits per heavy atom. The molecule has 0 amide bonds. The molecule has 2 aromatic carbocycles. The van der Waals surface area contributed by atoms with Crippen molar-refractivity contribution in [2.75, 3.05) is 0 Å². The summed E-state index contributed by atoms with van der Waals surface area (Å²) in [5.41, 5.74) is 5.57. The van der Waals surface area contributed by atoms with Crippen LogP contribution in [0.15, 0.2) is 48.5 Å². The van der Waals surface area contributed by atoms with Crippen molar-refractivity contribution in [2.45, 2.75) is 20.8 Å². The first-order chi connectivity index (χ1) is 10.1. The Balaban J connectivity index is 2.09. The second kappa shape index (κ2) is 5.13. The summed E-state index contributed by atoms with van der Waals surface area (Å²) < 4.78 is 0. The zero-order valence-corrected chi connectivity index (χ0v) is 12.5. The van der Waals surface area contributed by atoms with Crippen molar-refractivity contribution in [3.63, 3.8) is 0 Å². The minimum absolute atomic E-state index is 0.0682. The number of aromatic nitrogens is 1. The molecule has 0 aliphatic carbocycles. The normalized spacial score (nSPS) is 10.8. The number of hydrogen-bond donors (Lipinski definition) is 0. The van der Waals surface area contributed by atoms with E-state index in [2.05, 4.69) is 4.98 Å². The molecule has 21 heavy (non-hydrogen) atoms. The van der Waals surface area contributed by atoms with E-state index in [1.165, 1.54) is 0 Å². The van der Waals surface area contributed by atoms with Crippen LogP contribution in [0.1, 0.15) is 32.7 Å². The second-order valence-electron chi connectivity index (χ2n) is 5.44. The molecule has 0 aliphatic rings. The zero-order valence-electron chi connectivity index (χ0n) is 12.5. The monoisotopic (exact) mass is 275 g/mol. The Bertz CT molecular complexity index is 849. The smallest absolute Gasteiger partial charge is 0.193 e. The van der Waals surface area contributed by atoms with Crippen molar-refractivity contribution in [2.24, 2.45) is 0 Å². The number of nitrogens with zero attached hydrogens (tertiary/aromatic N) is 1.